The minimum Gasteiger partial charge on any atom is -0.365 e. The molecule has 3 rings (SSSR count). The molecule has 1 aliphatic rings. The molecule has 27 heavy (non-hydrogen) atoms. The number of benzene rings is 1. The summed E-state index contributed by atoms with van der Waals surface area (Å²) in [6.45, 7) is 2.00. The average molecular weight is 412 g/mol. The molecule has 0 spiro atoms. The third-order valence-electron chi connectivity index (χ3n) is 4.62. The van der Waals surface area contributed by atoms with Crippen LogP contribution in [0.1, 0.15) is 36.0 Å². The lowest BCUT2D eigenvalue weighted by Crippen LogP contribution is -2.27. The number of hydrogen-bond acceptors (Lipinski definition) is 5. The molecule has 1 fully saturated rings. The van der Waals surface area contributed by atoms with Crippen LogP contribution >= 0.6 is 11.6 Å². The van der Waals surface area contributed by atoms with Crippen LogP contribution in [0.2, 0.25) is 5.02 Å². The lowest BCUT2D eigenvalue weighted by Gasteiger charge is -2.31. The molecular weight excluding hydrogens is 393 g/mol. The fourth-order valence-corrected chi connectivity index (χ4v) is 4.23. The van der Waals surface area contributed by atoms with E-state index in [9.17, 15) is 12.8 Å². The van der Waals surface area contributed by atoms with Gasteiger partial charge in [-0.15, -0.1) is 0 Å². The maximum Gasteiger partial charge on any atom is 0.194 e. The molecule has 1 unspecified atom stereocenters. The van der Waals surface area contributed by atoms with Gasteiger partial charge in [0.25, 0.3) is 0 Å². The number of nitriles is 1. The molecule has 1 aliphatic carbocycles. The summed E-state index contributed by atoms with van der Waals surface area (Å²) in [4.78, 5) is 7.16. The van der Waals surface area contributed by atoms with Gasteiger partial charge in [0, 0.05) is 12.2 Å². The van der Waals surface area contributed by atoms with Gasteiger partial charge in [0.05, 0.1) is 23.4 Å². The number of rotatable bonds is 6. The van der Waals surface area contributed by atoms with Crippen LogP contribution in [-0.4, -0.2) is 31.2 Å². The van der Waals surface area contributed by atoms with Crippen molar-refractivity contribution in [2.75, 3.05) is 12.9 Å². The Balaban J connectivity index is 1.90. The first-order chi connectivity index (χ1) is 12.7. The molecule has 144 valence electrons. The van der Waals surface area contributed by atoms with Crippen LogP contribution < -0.4 is 0 Å². The van der Waals surface area contributed by atoms with Crippen LogP contribution in [0.5, 0.6) is 0 Å². The summed E-state index contributed by atoms with van der Waals surface area (Å²) in [6.07, 6.45) is 1.89. The fourth-order valence-electron chi connectivity index (χ4n) is 3.17. The Morgan fingerprint density at radius 2 is 2.19 bits per heavy atom. The third-order valence-corrected chi connectivity index (χ3v) is 6.01. The predicted octanol–water partition coefficient (Wildman–Crippen LogP) is 3.57. The molecule has 0 aliphatic heterocycles. The Morgan fingerprint density at radius 3 is 2.74 bits per heavy atom. The lowest BCUT2D eigenvalue weighted by molar-refractivity contribution is 0.0164. The van der Waals surface area contributed by atoms with Crippen molar-refractivity contribution in [2.45, 2.75) is 30.9 Å². The Hall–Kier alpha value is -1.95. The number of imidazole rings is 1. The minimum atomic E-state index is -3.50. The summed E-state index contributed by atoms with van der Waals surface area (Å²) in [5, 5.41) is 8.79. The van der Waals surface area contributed by atoms with Gasteiger partial charge in [-0.25, -0.2) is 17.8 Å². The Bertz CT molecular complexity index is 994. The Kier molecular flexibility index (Phi) is 5.56. The van der Waals surface area contributed by atoms with Crippen LogP contribution in [0.25, 0.3) is 0 Å². The highest BCUT2D eigenvalue weighted by Gasteiger charge is 2.31. The summed E-state index contributed by atoms with van der Waals surface area (Å²) < 4.78 is 43.3. The number of aromatic amines is 1. The molecule has 1 N–H and O–H groups in total. The van der Waals surface area contributed by atoms with Crippen molar-refractivity contribution in [1.29, 1.82) is 5.26 Å². The van der Waals surface area contributed by atoms with Gasteiger partial charge in [0.1, 0.15) is 17.7 Å². The smallest absolute Gasteiger partial charge is 0.194 e. The number of halogens is 2. The van der Waals surface area contributed by atoms with Crippen molar-refractivity contribution < 1.29 is 17.5 Å². The zero-order valence-corrected chi connectivity index (χ0v) is 16.4. The fraction of sp³-hybridized carbons (Fsp3) is 0.444. The first-order valence-electron chi connectivity index (χ1n) is 8.41. The van der Waals surface area contributed by atoms with E-state index in [2.05, 4.69) is 16.0 Å². The van der Waals surface area contributed by atoms with E-state index >= 15 is 0 Å². The van der Waals surface area contributed by atoms with E-state index in [0.717, 1.165) is 19.1 Å². The van der Waals surface area contributed by atoms with Gasteiger partial charge in [-0.3, -0.25) is 0 Å². The first kappa shape index (κ1) is 19.8. The monoisotopic (exact) mass is 411 g/mol. The minimum absolute atomic E-state index is 0.0486. The van der Waals surface area contributed by atoms with Crippen LogP contribution in [0.15, 0.2) is 23.2 Å². The van der Waals surface area contributed by atoms with Gasteiger partial charge in [0.2, 0.25) is 0 Å². The number of H-pyrrole nitrogens is 1. The molecule has 1 atom stereocenters. The van der Waals surface area contributed by atoms with Gasteiger partial charge in [-0.1, -0.05) is 17.7 Å². The lowest BCUT2D eigenvalue weighted by atomic mass is 9.76. The predicted molar refractivity (Wildman–Crippen MR) is 97.5 cm³/mol. The van der Waals surface area contributed by atoms with Gasteiger partial charge >= 0.3 is 0 Å². The average Bonchev–Trinajstić information content (AvgIpc) is 2.94. The van der Waals surface area contributed by atoms with Crippen molar-refractivity contribution >= 4 is 21.4 Å². The standard InChI is InChI=1S/C18H19ClFN3O3S/c1-10-18(27(2,24)25)23-17(22-10)16(13-3-4-15(20)14(19)7-13)26-9-12-5-11(6-12)8-21/h3-4,7,11-12,16H,5-6,9H2,1-2H3,(H,22,23). The van der Waals surface area contributed by atoms with E-state index < -0.39 is 21.8 Å². The molecule has 0 amide bonds. The normalized spacial score (nSPS) is 20.7. The second kappa shape index (κ2) is 7.58. The maximum absolute atomic E-state index is 13.5. The molecule has 1 saturated carbocycles. The van der Waals surface area contributed by atoms with E-state index in [1.807, 2.05) is 0 Å². The quantitative estimate of drug-likeness (QED) is 0.783. The molecule has 2 aromatic rings. The van der Waals surface area contributed by atoms with Gasteiger partial charge in [-0.05, 0) is 43.4 Å². The number of ether oxygens (including phenoxy) is 1. The molecule has 0 bridgehead atoms. The molecule has 1 heterocycles. The number of aromatic nitrogens is 2. The maximum atomic E-state index is 13.5. The van der Waals surface area contributed by atoms with Gasteiger partial charge in [0.15, 0.2) is 14.9 Å². The summed E-state index contributed by atoms with van der Waals surface area (Å²) in [5.41, 5.74) is 0.967. The molecule has 0 saturated heterocycles. The first-order valence-corrected chi connectivity index (χ1v) is 10.7. The zero-order valence-electron chi connectivity index (χ0n) is 14.9. The van der Waals surface area contributed by atoms with Gasteiger partial charge in [-0.2, -0.15) is 5.26 Å². The number of aryl methyl sites for hydroxylation is 1. The van der Waals surface area contributed by atoms with Crippen LogP contribution in [0.3, 0.4) is 0 Å². The summed E-state index contributed by atoms with van der Waals surface area (Å²) >= 11 is 5.90. The second-order valence-electron chi connectivity index (χ2n) is 6.87. The summed E-state index contributed by atoms with van der Waals surface area (Å²) in [5.74, 6) is 0.0627. The zero-order chi connectivity index (χ0) is 19.8. The highest BCUT2D eigenvalue weighted by atomic mass is 35.5. The molecular formula is C18H19ClFN3O3S. The molecule has 6 nitrogen and oxygen atoms in total. The molecule has 0 radical (unpaired) electrons. The Labute approximate surface area is 162 Å². The Morgan fingerprint density at radius 1 is 1.48 bits per heavy atom. The second-order valence-corrected chi connectivity index (χ2v) is 9.21. The number of sulfone groups is 1. The van der Waals surface area contributed by atoms with Crippen molar-refractivity contribution in [3.8, 4) is 6.07 Å². The van der Waals surface area contributed by atoms with Crippen molar-refractivity contribution in [1.82, 2.24) is 9.97 Å². The number of nitrogens with one attached hydrogen (secondary N) is 1. The van der Waals surface area contributed by atoms with E-state index in [-0.39, 0.29) is 21.9 Å². The third kappa shape index (κ3) is 4.32. The highest BCUT2D eigenvalue weighted by molar-refractivity contribution is 7.90. The van der Waals surface area contributed by atoms with Crippen LogP contribution in [0.4, 0.5) is 4.39 Å². The number of nitrogens with zero attached hydrogens (tertiary/aromatic N) is 2. The largest absolute Gasteiger partial charge is 0.365 e. The van der Waals surface area contributed by atoms with E-state index in [0.29, 0.717) is 23.7 Å². The SMILES string of the molecule is Cc1[nH]c(C(OCC2CC(C#N)C2)c2ccc(F)c(Cl)c2)nc1S(C)(=O)=O. The molecule has 9 heteroatoms. The van der Waals surface area contributed by atoms with Crippen molar-refractivity contribution in [2.24, 2.45) is 11.8 Å². The summed E-state index contributed by atoms with van der Waals surface area (Å²) in [7, 11) is -3.50. The summed E-state index contributed by atoms with van der Waals surface area (Å²) in [6, 6.07) is 6.43. The van der Waals surface area contributed by atoms with Gasteiger partial charge < -0.3 is 9.72 Å². The molecule has 1 aromatic carbocycles. The number of hydrogen-bond donors (Lipinski definition) is 1. The van der Waals surface area contributed by atoms with Crippen LogP contribution in [-0.2, 0) is 14.6 Å². The van der Waals surface area contributed by atoms with Crippen molar-refractivity contribution in [3.05, 3.63) is 46.1 Å². The topological polar surface area (TPSA) is 95.8 Å². The van der Waals surface area contributed by atoms with Crippen LogP contribution in [0, 0.1) is 35.9 Å². The van der Waals surface area contributed by atoms with E-state index in [1.165, 1.54) is 18.2 Å². The van der Waals surface area contributed by atoms with E-state index in [4.69, 9.17) is 21.6 Å². The van der Waals surface area contributed by atoms with E-state index in [1.54, 1.807) is 6.92 Å². The van der Waals surface area contributed by atoms with Crippen molar-refractivity contribution in [3.63, 3.8) is 0 Å². The molecule has 1 aromatic heterocycles. The highest BCUT2D eigenvalue weighted by Crippen LogP contribution is 2.36.